The lowest BCUT2D eigenvalue weighted by Crippen LogP contribution is -2.26. The van der Waals surface area contributed by atoms with E-state index < -0.39 is 23.5 Å². The number of hydrogen-bond donors (Lipinski definition) is 4. The first kappa shape index (κ1) is 22.7. The summed E-state index contributed by atoms with van der Waals surface area (Å²) in [6, 6.07) is 18.5. The lowest BCUT2D eigenvalue weighted by molar-refractivity contribution is 0.0685. The molecule has 1 aliphatic rings. The molecule has 0 radical (unpaired) electrons. The number of carboxylic acids is 3. The van der Waals surface area contributed by atoms with Gasteiger partial charge in [0.2, 0.25) is 0 Å². The predicted molar refractivity (Wildman–Crippen MR) is 125 cm³/mol. The van der Waals surface area contributed by atoms with Gasteiger partial charge in [-0.1, -0.05) is 42.5 Å². The zero-order valence-corrected chi connectivity index (χ0v) is 17.8. The maximum atomic E-state index is 11.7. The second-order valence-electron chi connectivity index (χ2n) is 8.02. The lowest BCUT2D eigenvalue weighted by Gasteiger charge is -2.31. The van der Waals surface area contributed by atoms with Gasteiger partial charge in [-0.15, -0.1) is 0 Å². The Hall–Kier alpha value is -4.49. The molecule has 4 N–H and O–H groups in total. The molecule has 0 aromatic heterocycles. The van der Waals surface area contributed by atoms with Crippen molar-refractivity contribution in [3.05, 3.63) is 118 Å². The van der Waals surface area contributed by atoms with Gasteiger partial charge in [0.05, 0.1) is 16.7 Å². The summed E-state index contributed by atoms with van der Waals surface area (Å²) in [6.07, 6.45) is 3.70. The third-order valence-electron chi connectivity index (χ3n) is 5.78. The summed E-state index contributed by atoms with van der Waals surface area (Å²) >= 11 is 0. The molecule has 0 bridgehead atoms. The number of hydrogen-bond acceptors (Lipinski definition) is 4. The Bertz CT molecular complexity index is 1330. The highest BCUT2D eigenvalue weighted by atomic mass is 16.4. The first-order valence-corrected chi connectivity index (χ1v) is 10.3. The third kappa shape index (κ3) is 4.51. The molecule has 0 aliphatic heterocycles. The summed E-state index contributed by atoms with van der Waals surface area (Å²) < 4.78 is 0. The van der Waals surface area contributed by atoms with Gasteiger partial charge in [-0.2, -0.15) is 0 Å². The zero-order chi connectivity index (χ0) is 24.5. The van der Waals surface area contributed by atoms with Gasteiger partial charge in [-0.25, -0.2) is 14.4 Å². The Morgan fingerprint density at radius 2 is 1.03 bits per heavy atom. The Labute approximate surface area is 194 Å². The number of rotatable bonds is 6. The van der Waals surface area contributed by atoms with Gasteiger partial charge in [-0.05, 0) is 70.3 Å². The Balaban J connectivity index is 1.80. The molecule has 1 unspecified atom stereocenters. The van der Waals surface area contributed by atoms with Gasteiger partial charge >= 0.3 is 17.9 Å². The van der Waals surface area contributed by atoms with Gasteiger partial charge in [0.15, 0.2) is 0 Å². The van der Waals surface area contributed by atoms with Crippen LogP contribution in [-0.2, 0) is 5.60 Å². The number of carboxylic acid groups (broad SMARTS) is 3. The number of aromatic carboxylic acids is 3. The van der Waals surface area contributed by atoms with Crippen LogP contribution in [-0.4, -0.2) is 38.3 Å². The molecule has 1 atom stereocenters. The Kier molecular flexibility index (Phi) is 5.88. The molecule has 4 rings (SSSR count). The van der Waals surface area contributed by atoms with E-state index in [0.717, 1.165) is 11.1 Å². The van der Waals surface area contributed by atoms with Crippen LogP contribution in [0.4, 0.5) is 0 Å². The summed E-state index contributed by atoms with van der Waals surface area (Å²) in [6.45, 7) is 0. The topological polar surface area (TPSA) is 132 Å². The lowest BCUT2D eigenvalue weighted by atomic mass is 9.78. The van der Waals surface area contributed by atoms with E-state index in [1.165, 1.54) is 36.4 Å². The van der Waals surface area contributed by atoms with E-state index in [1.807, 2.05) is 6.08 Å². The summed E-state index contributed by atoms with van der Waals surface area (Å²) in [5.41, 5.74) is 2.16. The minimum Gasteiger partial charge on any atom is -0.478 e. The average Bonchev–Trinajstić information content (AvgIpc) is 2.84. The standard InChI is InChI=1S/C27H20O7/c28-24(29)18-5-1-16(2-6-18)21-13-22(17-3-7-19(8-4-17)25(30)31)15-27(34,14-21)23-11-9-20(10-12-23)26(32)33/h1-14,34H,15H2,(H,28,29)(H,30,31)(H,32,33). The van der Waals surface area contributed by atoms with Crippen LogP contribution in [0.25, 0.3) is 11.1 Å². The van der Waals surface area contributed by atoms with Crippen molar-refractivity contribution >= 4 is 29.1 Å². The van der Waals surface area contributed by atoms with Crippen LogP contribution in [0, 0.1) is 0 Å². The predicted octanol–water partition coefficient (Wildman–Crippen LogP) is 4.54. The number of benzene rings is 3. The Morgan fingerprint density at radius 3 is 1.47 bits per heavy atom. The molecule has 34 heavy (non-hydrogen) atoms. The van der Waals surface area contributed by atoms with Gasteiger partial charge in [0.25, 0.3) is 0 Å². The maximum Gasteiger partial charge on any atom is 0.335 e. The van der Waals surface area contributed by atoms with Crippen LogP contribution in [0.5, 0.6) is 0 Å². The smallest absolute Gasteiger partial charge is 0.335 e. The summed E-state index contributed by atoms with van der Waals surface area (Å²) in [5.74, 6) is -3.16. The number of aliphatic hydroxyl groups is 1. The first-order valence-electron chi connectivity index (χ1n) is 10.3. The van der Waals surface area contributed by atoms with E-state index in [9.17, 15) is 34.8 Å². The van der Waals surface area contributed by atoms with Crippen molar-refractivity contribution in [3.63, 3.8) is 0 Å². The molecular weight excluding hydrogens is 436 g/mol. The molecule has 7 nitrogen and oxygen atoms in total. The second kappa shape index (κ2) is 8.80. The first-order chi connectivity index (χ1) is 16.2. The largest absolute Gasteiger partial charge is 0.478 e. The van der Waals surface area contributed by atoms with E-state index in [0.29, 0.717) is 16.7 Å². The quantitative estimate of drug-likeness (QED) is 0.428. The fraction of sp³-hybridized carbons (Fsp3) is 0.0741. The van der Waals surface area contributed by atoms with Crippen molar-refractivity contribution in [2.45, 2.75) is 12.0 Å². The van der Waals surface area contributed by atoms with Gasteiger partial charge in [0.1, 0.15) is 5.60 Å². The van der Waals surface area contributed by atoms with Gasteiger partial charge < -0.3 is 20.4 Å². The molecular formula is C27H20O7. The van der Waals surface area contributed by atoms with E-state index >= 15 is 0 Å². The molecule has 7 heteroatoms. The molecule has 0 amide bonds. The summed E-state index contributed by atoms with van der Waals surface area (Å²) in [4.78, 5) is 33.7. The molecule has 0 spiro atoms. The average molecular weight is 456 g/mol. The monoisotopic (exact) mass is 456 g/mol. The van der Waals surface area contributed by atoms with Crippen molar-refractivity contribution in [2.24, 2.45) is 0 Å². The minimum atomic E-state index is -1.48. The molecule has 1 aliphatic carbocycles. The summed E-state index contributed by atoms with van der Waals surface area (Å²) in [5, 5.41) is 39.2. The zero-order valence-electron chi connectivity index (χ0n) is 17.8. The van der Waals surface area contributed by atoms with Crippen LogP contribution >= 0.6 is 0 Å². The van der Waals surface area contributed by atoms with E-state index in [4.69, 9.17) is 0 Å². The van der Waals surface area contributed by atoms with Crippen molar-refractivity contribution in [3.8, 4) is 0 Å². The van der Waals surface area contributed by atoms with Crippen LogP contribution in [0.15, 0.2) is 84.9 Å². The van der Waals surface area contributed by atoms with E-state index in [2.05, 4.69) is 0 Å². The maximum absolute atomic E-state index is 11.7. The van der Waals surface area contributed by atoms with Crippen LogP contribution in [0.2, 0.25) is 0 Å². The highest BCUT2D eigenvalue weighted by Crippen LogP contribution is 2.42. The second-order valence-corrected chi connectivity index (χ2v) is 8.02. The fourth-order valence-electron chi connectivity index (χ4n) is 3.95. The number of allylic oxidation sites excluding steroid dienone is 2. The number of carbonyl (C=O) groups is 3. The van der Waals surface area contributed by atoms with E-state index in [-0.39, 0.29) is 23.1 Å². The highest BCUT2D eigenvalue weighted by Gasteiger charge is 2.32. The van der Waals surface area contributed by atoms with Crippen molar-refractivity contribution < 1.29 is 34.8 Å². The minimum absolute atomic E-state index is 0.0941. The third-order valence-corrected chi connectivity index (χ3v) is 5.78. The van der Waals surface area contributed by atoms with Gasteiger partial charge in [-0.3, -0.25) is 0 Å². The van der Waals surface area contributed by atoms with Crippen molar-refractivity contribution in [1.82, 2.24) is 0 Å². The van der Waals surface area contributed by atoms with Crippen molar-refractivity contribution in [1.29, 1.82) is 0 Å². The van der Waals surface area contributed by atoms with Crippen molar-refractivity contribution in [2.75, 3.05) is 0 Å². The Morgan fingerprint density at radius 1 is 0.618 bits per heavy atom. The van der Waals surface area contributed by atoms with Gasteiger partial charge in [0, 0.05) is 6.42 Å². The van der Waals surface area contributed by atoms with Crippen LogP contribution in [0.1, 0.15) is 54.2 Å². The molecule has 3 aromatic carbocycles. The molecule has 0 fully saturated rings. The fourth-order valence-corrected chi connectivity index (χ4v) is 3.95. The van der Waals surface area contributed by atoms with Crippen LogP contribution < -0.4 is 0 Å². The SMILES string of the molecule is O=C(O)c1ccc(C2=CC(O)(c3ccc(C(=O)O)cc3)CC(c3ccc(C(=O)O)cc3)=C2)cc1. The normalized spacial score (nSPS) is 17.4. The molecule has 170 valence electrons. The molecule has 0 heterocycles. The highest BCUT2D eigenvalue weighted by molar-refractivity contribution is 5.92. The molecule has 0 saturated heterocycles. The van der Waals surface area contributed by atoms with Crippen LogP contribution in [0.3, 0.4) is 0 Å². The summed E-state index contributed by atoms with van der Waals surface area (Å²) in [7, 11) is 0. The van der Waals surface area contributed by atoms with E-state index in [1.54, 1.807) is 42.5 Å². The molecule has 0 saturated carbocycles. The molecule has 3 aromatic rings.